The fourth-order valence-electron chi connectivity index (χ4n) is 1.88. The van der Waals surface area contributed by atoms with Gasteiger partial charge in [0.2, 0.25) is 0 Å². The van der Waals surface area contributed by atoms with Crippen molar-refractivity contribution in [1.29, 1.82) is 0 Å². The normalized spacial score (nSPS) is 11.7. The maximum atomic E-state index is 5.42. The highest BCUT2D eigenvalue weighted by Gasteiger charge is 2.40. The molecule has 96 valence electrons. The second kappa shape index (κ2) is 5.49. The maximum Gasteiger partial charge on any atom is 0.536 e. The van der Waals surface area contributed by atoms with Gasteiger partial charge in [-0.15, -0.1) is 0 Å². The zero-order valence-corrected chi connectivity index (χ0v) is 11.7. The summed E-state index contributed by atoms with van der Waals surface area (Å²) in [5, 5.41) is 0.922. The molecule has 2 rings (SSSR count). The van der Waals surface area contributed by atoms with Crippen LogP contribution in [0.4, 0.5) is 0 Å². The molecule has 2 aromatic rings. The summed E-state index contributed by atoms with van der Waals surface area (Å²) in [6, 6.07) is 11.6. The van der Waals surface area contributed by atoms with Crippen molar-refractivity contribution in [2.75, 3.05) is 21.3 Å². The van der Waals surface area contributed by atoms with Crippen molar-refractivity contribution in [1.82, 2.24) is 0 Å². The van der Waals surface area contributed by atoms with Crippen LogP contribution in [-0.4, -0.2) is 30.1 Å². The molecule has 5 heteroatoms. The van der Waals surface area contributed by atoms with Gasteiger partial charge in [0.05, 0.1) is 6.26 Å². The predicted molar refractivity (Wildman–Crippen MR) is 70.6 cm³/mol. The molecule has 1 aromatic carbocycles. The van der Waals surface area contributed by atoms with Crippen LogP contribution in [0.1, 0.15) is 0 Å². The molecule has 1 aromatic heterocycles. The van der Waals surface area contributed by atoms with E-state index in [1.165, 1.54) is 0 Å². The van der Waals surface area contributed by atoms with Crippen molar-refractivity contribution in [3.8, 4) is 11.3 Å². The standard InChI is InChI=1S/C13H16O4Si/c1-14-18(15-2,16-3)12-8-6-11(7-9-12)13-5-4-10-17-13/h4-10H,1-3H3. The molecule has 0 spiro atoms. The van der Waals surface area contributed by atoms with E-state index in [1.54, 1.807) is 27.6 Å². The molecule has 0 aliphatic heterocycles. The Balaban J connectivity index is 2.32. The molecule has 0 N–H and O–H groups in total. The van der Waals surface area contributed by atoms with Crippen LogP contribution in [0.25, 0.3) is 11.3 Å². The third-order valence-corrected chi connectivity index (χ3v) is 5.50. The third kappa shape index (κ3) is 2.25. The SMILES string of the molecule is CO[Si](OC)(OC)c1ccc(-c2ccco2)cc1. The first kappa shape index (κ1) is 13.0. The molecular weight excluding hydrogens is 248 g/mol. The molecule has 0 aliphatic carbocycles. The van der Waals surface area contributed by atoms with Crippen molar-refractivity contribution in [3.63, 3.8) is 0 Å². The second-order valence-electron chi connectivity index (χ2n) is 3.72. The van der Waals surface area contributed by atoms with Gasteiger partial charge < -0.3 is 17.7 Å². The first-order valence-corrected chi connectivity index (χ1v) is 7.28. The Kier molecular flexibility index (Phi) is 3.98. The van der Waals surface area contributed by atoms with E-state index < -0.39 is 8.80 Å². The van der Waals surface area contributed by atoms with Gasteiger partial charge in [-0.2, -0.15) is 0 Å². The van der Waals surface area contributed by atoms with E-state index in [0.29, 0.717) is 0 Å². The summed E-state index contributed by atoms with van der Waals surface area (Å²) in [6.45, 7) is 0. The Morgan fingerprint density at radius 2 is 1.50 bits per heavy atom. The van der Waals surface area contributed by atoms with E-state index in [2.05, 4.69) is 0 Å². The lowest BCUT2D eigenvalue weighted by atomic mass is 10.2. The summed E-state index contributed by atoms with van der Waals surface area (Å²) in [7, 11) is 2.06. The third-order valence-electron chi connectivity index (χ3n) is 2.85. The molecule has 1 heterocycles. The Morgan fingerprint density at radius 3 is 1.94 bits per heavy atom. The van der Waals surface area contributed by atoms with Crippen LogP contribution in [0.15, 0.2) is 47.1 Å². The number of furan rings is 1. The summed E-state index contributed by atoms with van der Waals surface area (Å²) in [6.07, 6.45) is 1.65. The zero-order chi connectivity index (χ0) is 13.0. The van der Waals surface area contributed by atoms with Crippen LogP contribution in [-0.2, 0) is 13.3 Å². The second-order valence-corrected chi connectivity index (χ2v) is 6.64. The van der Waals surface area contributed by atoms with E-state index >= 15 is 0 Å². The first-order chi connectivity index (χ1) is 8.75. The van der Waals surface area contributed by atoms with Gasteiger partial charge in [0.15, 0.2) is 0 Å². The Hall–Kier alpha value is -1.40. The molecule has 0 fully saturated rings. The number of hydrogen-bond donors (Lipinski definition) is 0. The van der Waals surface area contributed by atoms with E-state index in [9.17, 15) is 0 Å². The van der Waals surface area contributed by atoms with Gasteiger partial charge in [-0.25, -0.2) is 0 Å². The monoisotopic (exact) mass is 264 g/mol. The summed E-state index contributed by atoms with van der Waals surface area (Å²) in [5.41, 5.74) is 1.01. The predicted octanol–water partition coefficient (Wildman–Crippen LogP) is 2.03. The van der Waals surface area contributed by atoms with Crippen LogP contribution >= 0.6 is 0 Å². The average Bonchev–Trinajstić information content (AvgIpc) is 2.96. The summed E-state index contributed by atoms with van der Waals surface area (Å²) in [4.78, 5) is 0. The van der Waals surface area contributed by atoms with Gasteiger partial charge in [0.25, 0.3) is 0 Å². The van der Waals surface area contributed by atoms with Crippen LogP contribution in [0.5, 0.6) is 0 Å². The van der Waals surface area contributed by atoms with E-state index in [4.69, 9.17) is 17.7 Å². The molecule has 0 atom stereocenters. The van der Waals surface area contributed by atoms with Crippen molar-refractivity contribution in [3.05, 3.63) is 42.7 Å². The molecule has 0 amide bonds. The maximum absolute atomic E-state index is 5.42. The lowest BCUT2D eigenvalue weighted by Gasteiger charge is -2.24. The Bertz CT molecular complexity index is 466. The van der Waals surface area contributed by atoms with E-state index in [-0.39, 0.29) is 0 Å². The van der Waals surface area contributed by atoms with Crippen LogP contribution in [0, 0.1) is 0 Å². The van der Waals surface area contributed by atoms with Gasteiger partial charge in [0.1, 0.15) is 5.76 Å². The number of hydrogen-bond acceptors (Lipinski definition) is 4. The highest BCUT2D eigenvalue weighted by atomic mass is 28.4. The van der Waals surface area contributed by atoms with Crippen molar-refractivity contribution in [2.24, 2.45) is 0 Å². The first-order valence-electron chi connectivity index (χ1n) is 5.55. The molecule has 0 unspecified atom stereocenters. The minimum Gasteiger partial charge on any atom is -0.464 e. The smallest absolute Gasteiger partial charge is 0.464 e. The minimum absolute atomic E-state index is 0.834. The zero-order valence-electron chi connectivity index (χ0n) is 10.7. The van der Waals surface area contributed by atoms with Crippen LogP contribution in [0.2, 0.25) is 0 Å². The fraction of sp³-hybridized carbons (Fsp3) is 0.231. The van der Waals surface area contributed by atoms with Gasteiger partial charge in [0, 0.05) is 32.1 Å². The van der Waals surface area contributed by atoms with Crippen molar-refractivity contribution < 1.29 is 17.7 Å². The fourth-order valence-corrected chi connectivity index (χ4v) is 3.67. The summed E-state index contributed by atoms with van der Waals surface area (Å²) >= 11 is 0. The quantitative estimate of drug-likeness (QED) is 0.775. The number of benzene rings is 1. The van der Waals surface area contributed by atoms with Gasteiger partial charge in [-0.3, -0.25) is 0 Å². The molecule has 18 heavy (non-hydrogen) atoms. The van der Waals surface area contributed by atoms with Crippen molar-refractivity contribution >= 4 is 14.0 Å². The molecule has 4 nitrogen and oxygen atoms in total. The van der Waals surface area contributed by atoms with E-state index in [0.717, 1.165) is 16.5 Å². The lowest BCUT2D eigenvalue weighted by Crippen LogP contribution is -2.54. The van der Waals surface area contributed by atoms with Crippen LogP contribution < -0.4 is 5.19 Å². The molecule has 0 bridgehead atoms. The van der Waals surface area contributed by atoms with Crippen LogP contribution in [0.3, 0.4) is 0 Å². The Labute approximate surface area is 107 Å². The Morgan fingerprint density at radius 1 is 0.889 bits per heavy atom. The number of rotatable bonds is 5. The summed E-state index contributed by atoms with van der Waals surface area (Å²) in [5.74, 6) is 0.834. The average molecular weight is 264 g/mol. The van der Waals surface area contributed by atoms with Gasteiger partial charge >= 0.3 is 8.80 Å². The van der Waals surface area contributed by atoms with E-state index in [1.807, 2.05) is 36.4 Å². The lowest BCUT2D eigenvalue weighted by molar-refractivity contribution is 0.140. The highest BCUT2D eigenvalue weighted by molar-refractivity contribution is 6.75. The largest absolute Gasteiger partial charge is 0.536 e. The molecule has 0 saturated carbocycles. The topological polar surface area (TPSA) is 40.8 Å². The van der Waals surface area contributed by atoms with Gasteiger partial charge in [-0.1, -0.05) is 24.3 Å². The molecule has 0 aliphatic rings. The minimum atomic E-state index is -2.73. The highest BCUT2D eigenvalue weighted by Crippen LogP contribution is 2.19. The van der Waals surface area contributed by atoms with Gasteiger partial charge in [-0.05, 0) is 12.1 Å². The van der Waals surface area contributed by atoms with Crippen molar-refractivity contribution in [2.45, 2.75) is 0 Å². The molecular formula is C13H16O4Si. The molecule has 0 saturated heterocycles. The molecule has 0 radical (unpaired) electrons. The summed E-state index contributed by atoms with van der Waals surface area (Å²) < 4.78 is 21.6.